The molecule has 1 heterocycles. The maximum Gasteiger partial charge on any atom is 0.465 e. The first-order valence-corrected chi connectivity index (χ1v) is 8.91. The minimum absolute atomic E-state index is 0.0528. The van der Waals surface area contributed by atoms with Crippen molar-refractivity contribution in [3.8, 4) is 5.75 Å². The standard InChI is InChI=1S/C16H14F2O7S/c17-16(18,26(20,21)22)15(19)25-7-10-5-6-14(24-9-11-8-23-11)13-4-2-1-3-12(10)13/h1-6,11H,7-9H2,(H,20,21,22). The maximum absolute atomic E-state index is 13.2. The molecule has 1 unspecified atom stereocenters. The number of esters is 1. The van der Waals surface area contributed by atoms with Crippen molar-refractivity contribution in [2.24, 2.45) is 0 Å². The number of carbonyl (C=O) groups is 1. The van der Waals surface area contributed by atoms with Gasteiger partial charge in [-0.3, -0.25) is 4.55 Å². The van der Waals surface area contributed by atoms with E-state index in [1.165, 1.54) is 6.07 Å². The van der Waals surface area contributed by atoms with Crippen LogP contribution < -0.4 is 4.74 Å². The second kappa shape index (κ2) is 6.78. The number of epoxide rings is 1. The van der Waals surface area contributed by atoms with E-state index in [9.17, 15) is 22.0 Å². The normalized spacial score (nSPS) is 17.1. The van der Waals surface area contributed by atoms with Gasteiger partial charge in [0.05, 0.1) is 6.61 Å². The highest BCUT2D eigenvalue weighted by atomic mass is 32.2. The van der Waals surface area contributed by atoms with E-state index in [0.717, 1.165) is 0 Å². The minimum atomic E-state index is -5.90. The minimum Gasteiger partial charge on any atom is -0.490 e. The average molecular weight is 388 g/mol. The van der Waals surface area contributed by atoms with Gasteiger partial charge in [0, 0.05) is 5.39 Å². The van der Waals surface area contributed by atoms with Crippen molar-refractivity contribution in [2.45, 2.75) is 18.0 Å². The third-order valence-electron chi connectivity index (χ3n) is 3.72. The van der Waals surface area contributed by atoms with E-state index in [-0.39, 0.29) is 6.10 Å². The Morgan fingerprint density at radius 3 is 2.50 bits per heavy atom. The number of halogens is 2. The lowest BCUT2D eigenvalue weighted by Gasteiger charge is -2.14. The van der Waals surface area contributed by atoms with Crippen molar-refractivity contribution in [3.05, 3.63) is 42.0 Å². The van der Waals surface area contributed by atoms with Crippen molar-refractivity contribution >= 4 is 26.9 Å². The van der Waals surface area contributed by atoms with Crippen molar-refractivity contribution < 1.29 is 40.8 Å². The van der Waals surface area contributed by atoms with E-state index in [2.05, 4.69) is 4.74 Å². The molecule has 2 aromatic carbocycles. The van der Waals surface area contributed by atoms with Gasteiger partial charge in [-0.1, -0.05) is 30.3 Å². The number of hydrogen-bond acceptors (Lipinski definition) is 6. The Morgan fingerprint density at radius 2 is 1.88 bits per heavy atom. The number of alkyl halides is 2. The second-order valence-corrected chi connectivity index (χ2v) is 7.07. The van der Waals surface area contributed by atoms with Gasteiger partial charge < -0.3 is 14.2 Å². The predicted molar refractivity (Wildman–Crippen MR) is 85.5 cm³/mol. The molecule has 0 aliphatic carbocycles. The van der Waals surface area contributed by atoms with Gasteiger partial charge in [-0.05, 0) is 17.0 Å². The molecule has 1 fully saturated rings. The molecule has 0 aromatic heterocycles. The summed E-state index contributed by atoms with van der Waals surface area (Å²) >= 11 is 0. The fourth-order valence-corrected chi connectivity index (χ4v) is 2.53. The van der Waals surface area contributed by atoms with Crippen LogP contribution in [0.2, 0.25) is 0 Å². The number of carbonyl (C=O) groups excluding carboxylic acids is 1. The average Bonchev–Trinajstić information content (AvgIpc) is 3.41. The van der Waals surface area contributed by atoms with E-state index < -0.39 is 27.9 Å². The Hall–Kier alpha value is -2.30. The van der Waals surface area contributed by atoms with Gasteiger partial charge in [0.1, 0.15) is 25.1 Å². The lowest BCUT2D eigenvalue weighted by Crippen LogP contribution is -2.38. The molecule has 140 valence electrons. The fourth-order valence-electron chi connectivity index (χ4n) is 2.27. The molecule has 1 atom stereocenters. The third kappa shape index (κ3) is 3.76. The van der Waals surface area contributed by atoms with Crippen LogP contribution in [0, 0.1) is 0 Å². The summed E-state index contributed by atoms with van der Waals surface area (Å²) in [5.41, 5.74) is 0.370. The van der Waals surface area contributed by atoms with Crippen molar-refractivity contribution in [2.75, 3.05) is 13.2 Å². The van der Waals surface area contributed by atoms with E-state index >= 15 is 0 Å². The van der Waals surface area contributed by atoms with Crippen LogP contribution in [0.3, 0.4) is 0 Å². The highest BCUT2D eigenvalue weighted by Crippen LogP contribution is 2.30. The summed E-state index contributed by atoms with van der Waals surface area (Å²) in [7, 11) is -5.90. The molecule has 0 radical (unpaired) electrons. The molecule has 1 N–H and O–H groups in total. The number of ether oxygens (including phenoxy) is 3. The molecule has 3 rings (SSSR count). The van der Waals surface area contributed by atoms with E-state index in [4.69, 9.17) is 14.0 Å². The summed E-state index contributed by atoms with van der Waals surface area (Å²) in [5, 5.41) is -3.77. The van der Waals surface area contributed by atoms with Crippen LogP contribution in [0.15, 0.2) is 36.4 Å². The Morgan fingerprint density at radius 1 is 1.23 bits per heavy atom. The van der Waals surface area contributed by atoms with Gasteiger partial charge in [0.15, 0.2) is 0 Å². The summed E-state index contributed by atoms with van der Waals surface area (Å²) in [5.74, 6) is -1.80. The van der Waals surface area contributed by atoms with E-state index in [1.54, 1.807) is 30.3 Å². The molecule has 10 heteroatoms. The Labute approximate surface area is 147 Å². The Balaban J connectivity index is 1.80. The summed E-state index contributed by atoms with van der Waals surface area (Å²) in [4.78, 5) is 11.3. The largest absolute Gasteiger partial charge is 0.490 e. The topological polar surface area (TPSA) is 102 Å². The fraction of sp³-hybridized carbons (Fsp3) is 0.312. The zero-order valence-electron chi connectivity index (χ0n) is 13.2. The highest BCUT2D eigenvalue weighted by Gasteiger charge is 2.54. The molecule has 0 bridgehead atoms. The van der Waals surface area contributed by atoms with E-state index in [1.807, 2.05) is 0 Å². The first kappa shape index (κ1) is 18.5. The Bertz CT molecular complexity index is 939. The first-order chi connectivity index (χ1) is 12.2. The molecule has 7 nitrogen and oxygen atoms in total. The van der Waals surface area contributed by atoms with Crippen LogP contribution in [0.5, 0.6) is 5.75 Å². The van der Waals surface area contributed by atoms with Gasteiger partial charge in [-0.15, -0.1) is 0 Å². The monoisotopic (exact) mass is 388 g/mol. The van der Waals surface area contributed by atoms with Gasteiger partial charge in [-0.2, -0.15) is 17.2 Å². The molecular weight excluding hydrogens is 374 g/mol. The predicted octanol–water partition coefficient (Wildman–Crippen LogP) is 2.14. The summed E-state index contributed by atoms with van der Waals surface area (Å²) < 4.78 is 71.2. The quantitative estimate of drug-likeness (QED) is 0.440. The van der Waals surface area contributed by atoms with Crippen molar-refractivity contribution in [1.29, 1.82) is 0 Å². The van der Waals surface area contributed by atoms with Gasteiger partial charge in [-0.25, -0.2) is 4.79 Å². The van der Waals surface area contributed by atoms with Crippen LogP contribution in [-0.4, -0.2) is 43.5 Å². The molecule has 1 aliphatic heterocycles. The van der Waals surface area contributed by atoms with Crippen molar-refractivity contribution in [1.82, 2.24) is 0 Å². The molecule has 0 saturated carbocycles. The number of benzene rings is 2. The van der Waals surface area contributed by atoms with Gasteiger partial charge >= 0.3 is 21.3 Å². The summed E-state index contributed by atoms with van der Waals surface area (Å²) in [6.07, 6.45) is 0.0528. The lowest BCUT2D eigenvalue weighted by molar-refractivity contribution is -0.162. The molecule has 0 spiro atoms. The zero-order valence-corrected chi connectivity index (χ0v) is 14.0. The van der Waals surface area contributed by atoms with Crippen LogP contribution in [0.1, 0.15) is 5.56 Å². The molecular formula is C16H14F2O7S. The maximum atomic E-state index is 13.2. The van der Waals surface area contributed by atoms with Crippen LogP contribution >= 0.6 is 0 Å². The first-order valence-electron chi connectivity index (χ1n) is 7.47. The SMILES string of the molecule is O=C(OCc1ccc(OCC2CO2)c2ccccc12)C(F)(F)S(=O)(=O)O. The zero-order chi connectivity index (χ0) is 18.9. The smallest absolute Gasteiger partial charge is 0.465 e. The molecule has 0 amide bonds. The summed E-state index contributed by atoms with van der Waals surface area (Å²) in [6, 6.07) is 9.99. The van der Waals surface area contributed by atoms with Crippen LogP contribution in [0.4, 0.5) is 8.78 Å². The molecule has 26 heavy (non-hydrogen) atoms. The molecule has 1 saturated heterocycles. The Kier molecular flexibility index (Phi) is 4.82. The lowest BCUT2D eigenvalue weighted by atomic mass is 10.0. The number of hydrogen-bond donors (Lipinski definition) is 1. The summed E-state index contributed by atoms with van der Waals surface area (Å²) in [6.45, 7) is 0.406. The molecule has 2 aromatic rings. The third-order valence-corrected chi connectivity index (χ3v) is 4.54. The number of fused-ring (bicyclic) bond motifs is 1. The van der Waals surface area contributed by atoms with Crippen LogP contribution in [0.25, 0.3) is 10.8 Å². The van der Waals surface area contributed by atoms with Crippen molar-refractivity contribution in [3.63, 3.8) is 0 Å². The van der Waals surface area contributed by atoms with Crippen LogP contribution in [-0.2, 0) is 31.0 Å². The number of rotatable bonds is 7. The molecule has 1 aliphatic rings. The van der Waals surface area contributed by atoms with E-state index in [0.29, 0.717) is 35.3 Å². The second-order valence-electron chi connectivity index (χ2n) is 5.60. The highest BCUT2D eigenvalue weighted by molar-refractivity contribution is 7.87. The van der Waals surface area contributed by atoms with Gasteiger partial charge in [0.25, 0.3) is 0 Å². The van der Waals surface area contributed by atoms with Gasteiger partial charge in [0.2, 0.25) is 0 Å².